The van der Waals surface area contributed by atoms with E-state index in [1.165, 1.54) is 12.1 Å². The minimum atomic E-state index is -4.42. The van der Waals surface area contributed by atoms with E-state index in [-0.39, 0.29) is 31.5 Å². The summed E-state index contributed by atoms with van der Waals surface area (Å²) in [5.41, 5.74) is 8.68. The number of alkyl halides is 3. The summed E-state index contributed by atoms with van der Waals surface area (Å²) in [5.74, 6) is -0.176. The average molecular weight is 640 g/mol. The van der Waals surface area contributed by atoms with Crippen LogP contribution in [-0.4, -0.2) is 22.5 Å². The Hall–Kier alpha value is -4.34. The van der Waals surface area contributed by atoms with Gasteiger partial charge in [0.05, 0.1) is 17.7 Å². The molecule has 1 heterocycles. The van der Waals surface area contributed by atoms with Crippen molar-refractivity contribution in [1.29, 1.82) is 0 Å². The summed E-state index contributed by atoms with van der Waals surface area (Å²) >= 11 is 12.4. The molecule has 0 spiro atoms. The van der Waals surface area contributed by atoms with Gasteiger partial charge in [0.1, 0.15) is 5.82 Å². The second-order valence-corrected chi connectivity index (χ2v) is 11.0. The lowest BCUT2D eigenvalue weighted by Crippen LogP contribution is -2.12. The first kappa shape index (κ1) is 31.1. The largest absolute Gasteiger partial charge is 0.463 e. The quantitative estimate of drug-likeness (QED) is 0.112. The fourth-order valence-electron chi connectivity index (χ4n) is 4.80. The summed E-state index contributed by atoms with van der Waals surface area (Å²) in [6.07, 6.45) is -3.86. The van der Waals surface area contributed by atoms with E-state index in [4.69, 9.17) is 33.7 Å². The molecule has 0 aliphatic carbocycles. The standard InChI is InChI=1S/C33H27Cl2F3N4O2/c34-25-12-5-21(6-13-25)30(22-7-14-26(35)15-8-22)23-9-16-28-27(18-23)31(42-32(41-28)44-17-1-2-29(39)43)40-19-20-3-10-24(11-4-20)33(36,37)38/h3-16,18,30H,1-2,17,19H2,(H2,39,43)(H,40,41,42). The van der Waals surface area contributed by atoms with Gasteiger partial charge in [-0.3, -0.25) is 4.79 Å². The van der Waals surface area contributed by atoms with Crippen molar-refractivity contribution in [2.75, 3.05) is 11.9 Å². The van der Waals surface area contributed by atoms with Crippen molar-refractivity contribution >= 4 is 45.8 Å². The number of aromatic nitrogens is 2. The number of hydrogen-bond acceptors (Lipinski definition) is 5. The fraction of sp³-hybridized carbons (Fsp3) is 0.182. The van der Waals surface area contributed by atoms with Crippen LogP contribution in [0.5, 0.6) is 6.01 Å². The molecule has 3 N–H and O–H groups in total. The van der Waals surface area contributed by atoms with E-state index in [1.807, 2.05) is 66.7 Å². The van der Waals surface area contributed by atoms with Crippen LogP contribution in [0.3, 0.4) is 0 Å². The normalized spacial score (nSPS) is 11.6. The number of amides is 1. The van der Waals surface area contributed by atoms with Crippen molar-refractivity contribution in [2.24, 2.45) is 5.73 Å². The van der Waals surface area contributed by atoms with E-state index < -0.39 is 17.6 Å². The summed E-state index contributed by atoms with van der Waals surface area (Å²) in [4.78, 5) is 20.3. The Morgan fingerprint density at radius 2 is 1.43 bits per heavy atom. The van der Waals surface area contributed by atoms with E-state index in [0.29, 0.717) is 38.8 Å². The number of nitrogens with zero attached hydrogens (tertiary/aromatic N) is 2. The molecule has 6 nitrogen and oxygen atoms in total. The number of fused-ring (bicyclic) bond motifs is 1. The van der Waals surface area contributed by atoms with Crippen LogP contribution in [-0.2, 0) is 17.5 Å². The number of rotatable bonds is 11. The molecule has 0 aliphatic rings. The maximum atomic E-state index is 13.1. The molecular formula is C33H27Cl2F3N4O2. The molecule has 0 bridgehead atoms. The van der Waals surface area contributed by atoms with Crippen LogP contribution >= 0.6 is 23.2 Å². The average Bonchev–Trinajstić information content (AvgIpc) is 3.00. The van der Waals surface area contributed by atoms with Gasteiger partial charge < -0.3 is 15.8 Å². The van der Waals surface area contributed by atoms with Crippen molar-refractivity contribution in [2.45, 2.75) is 31.5 Å². The van der Waals surface area contributed by atoms with E-state index in [2.05, 4.69) is 15.3 Å². The first-order chi connectivity index (χ1) is 21.1. The number of primary amides is 1. The molecule has 0 aliphatic heterocycles. The SMILES string of the molecule is NC(=O)CCCOc1nc(NCc2ccc(C(F)(F)F)cc2)c2cc(C(c3ccc(Cl)cc3)c3ccc(Cl)cc3)ccc2n1. The van der Waals surface area contributed by atoms with Crippen LogP contribution in [0.4, 0.5) is 19.0 Å². The van der Waals surface area contributed by atoms with Crippen LogP contribution in [0.15, 0.2) is 91.0 Å². The van der Waals surface area contributed by atoms with Crippen molar-refractivity contribution in [1.82, 2.24) is 9.97 Å². The van der Waals surface area contributed by atoms with Crippen LogP contribution in [0.2, 0.25) is 10.0 Å². The molecule has 226 valence electrons. The predicted molar refractivity (Wildman–Crippen MR) is 166 cm³/mol. The van der Waals surface area contributed by atoms with Crippen molar-refractivity contribution in [3.63, 3.8) is 0 Å². The Bertz CT molecular complexity index is 1700. The Kier molecular flexibility index (Phi) is 9.56. The van der Waals surface area contributed by atoms with Gasteiger partial charge >= 0.3 is 12.2 Å². The maximum absolute atomic E-state index is 13.1. The summed E-state index contributed by atoms with van der Waals surface area (Å²) < 4.78 is 44.9. The van der Waals surface area contributed by atoms with Crippen LogP contribution < -0.4 is 15.8 Å². The van der Waals surface area contributed by atoms with Crippen molar-refractivity contribution in [3.05, 3.63) is 129 Å². The summed E-state index contributed by atoms with van der Waals surface area (Å²) in [5, 5.41) is 5.18. The lowest BCUT2D eigenvalue weighted by molar-refractivity contribution is -0.137. The van der Waals surface area contributed by atoms with Gasteiger partial charge in [0.25, 0.3) is 0 Å². The van der Waals surface area contributed by atoms with Gasteiger partial charge in [-0.1, -0.05) is 65.7 Å². The number of carbonyl (C=O) groups excluding carboxylic acids is 1. The van der Waals surface area contributed by atoms with Crippen LogP contribution in [0.25, 0.3) is 10.9 Å². The number of ether oxygens (including phenoxy) is 1. The number of halogens is 5. The molecule has 0 radical (unpaired) electrons. The fourth-order valence-corrected chi connectivity index (χ4v) is 5.05. The predicted octanol–water partition coefficient (Wildman–Crippen LogP) is 8.39. The van der Waals surface area contributed by atoms with Gasteiger partial charge in [-0.05, 0) is 77.2 Å². The van der Waals surface area contributed by atoms with E-state index >= 15 is 0 Å². The first-order valence-corrected chi connectivity index (χ1v) is 14.5. The number of carbonyl (C=O) groups is 1. The number of anilines is 1. The van der Waals surface area contributed by atoms with Gasteiger partial charge in [-0.25, -0.2) is 0 Å². The van der Waals surface area contributed by atoms with Crippen molar-refractivity contribution < 1.29 is 22.7 Å². The molecule has 0 unspecified atom stereocenters. The molecule has 1 aromatic heterocycles. The van der Waals surface area contributed by atoms with Gasteiger partial charge in [0.2, 0.25) is 5.91 Å². The van der Waals surface area contributed by atoms with Gasteiger partial charge in [-0.15, -0.1) is 0 Å². The summed E-state index contributed by atoms with van der Waals surface area (Å²) in [6, 6.07) is 26.1. The molecule has 44 heavy (non-hydrogen) atoms. The topological polar surface area (TPSA) is 90.1 Å². The molecule has 4 aromatic carbocycles. The Balaban J connectivity index is 1.53. The highest BCUT2D eigenvalue weighted by Crippen LogP contribution is 2.36. The molecule has 1 amide bonds. The highest BCUT2D eigenvalue weighted by Gasteiger charge is 2.30. The Morgan fingerprint density at radius 1 is 0.841 bits per heavy atom. The second-order valence-electron chi connectivity index (χ2n) is 10.1. The number of hydrogen-bond donors (Lipinski definition) is 2. The van der Waals surface area contributed by atoms with Gasteiger partial charge in [0, 0.05) is 34.3 Å². The third kappa shape index (κ3) is 7.78. The molecule has 5 rings (SSSR count). The number of nitrogens with two attached hydrogens (primary N) is 1. The second kappa shape index (κ2) is 13.5. The maximum Gasteiger partial charge on any atom is 0.416 e. The molecule has 11 heteroatoms. The molecule has 0 fully saturated rings. The smallest absolute Gasteiger partial charge is 0.416 e. The highest BCUT2D eigenvalue weighted by atomic mass is 35.5. The van der Waals surface area contributed by atoms with E-state index in [9.17, 15) is 18.0 Å². The van der Waals surface area contributed by atoms with Crippen LogP contribution in [0, 0.1) is 0 Å². The lowest BCUT2D eigenvalue weighted by atomic mass is 9.85. The third-order valence-corrected chi connectivity index (χ3v) is 7.48. The third-order valence-electron chi connectivity index (χ3n) is 6.98. The minimum Gasteiger partial charge on any atom is -0.463 e. The summed E-state index contributed by atoms with van der Waals surface area (Å²) in [6.45, 7) is 0.382. The van der Waals surface area contributed by atoms with Crippen LogP contribution in [0.1, 0.15) is 46.6 Å². The molecule has 0 atom stereocenters. The highest BCUT2D eigenvalue weighted by molar-refractivity contribution is 6.30. The van der Waals surface area contributed by atoms with E-state index in [0.717, 1.165) is 28.8 Å². The molecule has 0 saturated carbocycles. The Morgan fingerprint density at radius 3 is 2.00 bits per heavy atom. The molecule has 5 aromatic rings. The van der Waals surface area contributed by atoms with Gasteiger partial charge in [0.15, 0.2) is 0 Å². The van der Waals surface area contributed by atoms with Gasteiger partial charge in [-0.2, -0.15) is 23.1 Å². The summed E-state index contributed by atoms with van der Waals surface area (Å²) in [7, 11) is 0. The Labute approximate surface area is 262 Å². The monoisotopic (exact) mass is 638 g/mol. The van der Waals surface area contributed by atoms with E-state index in [1.54, 1.807) is 0 Å². The zero-order chi connectivity index (χ0) is 31.3. The van der Waals surface area contributed by atoms with Crippen molar-refractivity contribution in [3.8, 4) is 6.01 Å². The minimum absolute atomic E-state index is 0.0941. The molecule has 0 saturated heterocycles. The molecular weight excluding hydrogens is 612 g/mol. The number of benzene rings is 4. The zero-order valence-electron chi connectivity index (χ0n) is 23.2. The number of nitrogens with one attached hydrogen (secondary N) is 1. The zero-order valence-corrected chi connectivity index (χ0v) is 24.8. The first-order valence-electron chi connectivity index (χ1n) is 13.7. The lowest BCUT2D eigenvalue weighted by Gasteiger charge is -2.20.